The summed E-state index contributed by atoms with van der Waals surface area (Å²) in [7, 11) is 1.49. The van der Waals surface area contributed by atoms with E-state index < -0.39 is 0 Å². The van der Waals surface area contributed by atoms with Crippen LogP contribution in [-0.2, 0) is 0 Å². The first-order valence-electron chi connectivity index (χ1n) is 6.26. The van der Waals surface area contributed by atoms with E-state index in [-0.39, 0.29) is 11.9 Å². The largest absolute Gasteiger partial charge is 0.494 e. The van der Waals surface area contributed by atoms with Gasteiger partial charge in [-0.25, -0.2) is 0 Å². The predicted octanol–water partition coefficient (Wildman–Crippen LogP) is 2.16. The molecule has 1 unspecified atom stereocenters. The van der Waals surface area contributed by atoms with Crippen molar-refractivity contribution in [1.82, 2.24) is 10.3 Å². The van der Waals surface area contributed by atoms with Crippen LogP contribution in [-0.4, -0.2) is 18.0 Å². The maximum atomic E-state index is 12.3. The number of aromatic nitrogens is 1. The molecule has 0 spiro atoms. The number of rotatable bonds is 4. The standard InChI is InChI=1S/C15H17N3O2/c1-10(11-5-4-8-17-9-11)18-15(19)12-6-3-7-13(16)14(12)20-2/h3-10H,16H2,1-2H3,(H,18,19). The van der Waals surface area contributed by atoms with Crippen molar-refractivity contribution in [2.45, 2.75) is 13.0 Å². The van der Waals surface area contributed by atoms with Gasteiger partial charge in [0, 0.05) is 12.4 Å². The number of pyridine rings is 1. The monoisotopic (exact) mass is 271 g/mol. The van der Waals surface area contributed by atoms with E-state index in [2.05, 4.69) is 10.3 Å². The molecular formula is C15H17N3O2. The highest BCUT2D eigenvalue weighted by atomic mass is 16.5. The zero-order chi connectivity index (χ0) is 14.5. The molecule has 1 atom stereocenters. The van der Waals surface area contributed by atoms with E-state index in [0.717, 1.165) is 5.56 Å². The maximum Gasteiger partial charge on any atom is 0.255 e. The molecule has 0 fully saturated rings. The van der Waals surface area contributed by atoms with Gasteiger partial charge in [0.2, 0.25) is 0 Å². The quantitative estimate of drug-likeness (QED) is 0.835. The Bertz CT molecular complexity index is 599. The van der Waals surface area contributed by atoms with E-state index in [1.807, 2.05) is 19.1 Å². The van der Waals surface area contributed by atoms with Crippen LogP contribution in [0, 0.1) is 0 Å². The Morgan fingerprint density at radius 1 is 1.35 bits per heavy atom. The normalized spacial score (nSPS) is 11.7. The van der Waals surface area contributed by atoms with E-state index in [1.54, 1.807) is 30.6 Å². The summed E-state index contributed by atoms with van der Waals surface area (Å²) >= 11 is 0. The van der Waals surface area contributed by atoms with Gasteiger partial charge in [0.25, 0.3) is 5.91 Å². The van der Waals surface area contributed by atoms with Crippen molar-refractivity contribution in [3.8, 4) is 5.75 Å². The minimum absolute atomic E-state index is 0.151. The minimum atomic E-state index is -0.231. The lowest BCUT2D eigenvalue weighted by molar-refractivity contribution is 0.0937. The molecule has 0 aliphatic carbocycles. The van der Waals surface area contributed by atoms with Crippen molar-refractivity contribution in [3.05, 3.63) is 53.9 Å². The molecular weight excluding hydrogens is 254 g/mol. The molecule has 20 heavy (non-hydrogen) atoms. The Labute approximate surface area is 117 Å². The number of anilines is 1. The van der Waals surface area contributed by atoms with Crippen LogP contribution in [0.15, 0.2) is 42.7 Å². The molecule has 2 aromatic rings. The Morgan fingerprint density at radius 3 is 2.80 bits per heavy atom. The lowest BCUT2D eigenvalue weighted by Crippen LogP contribution is -2.27. The van der Waals surface area contributed by atoms with Crippen LogP contribution in [0.1, 0.15) is 28.9 Å². The number of nitrogens with zero attached hydrogens (tertiary/aromatic N) is 1. The molecule has 104 valence electrons. The minimum Gasteiger partial charge on any atom is -0.494 e. The fraction of sp³-hybridized carbons (Fsp3) is 0.200. The average Bonchev–Trinajstić information content (AvgIpc) is 2.47. The lowest BCUT2D eigenvalue weighted by atomic mass is 10.1. The number of hydrogen-bond acceptors (Lipinski definition) is 4. The van der Waals surface area contributed by atoms with Crippen molar-refractivity contribution >= 4 is 11.6 Å². The van der Waals surface area contributed by atoms with Gasteiger partial charge in [-0.15, -0.1) is 0 Å². The summed E-state index contributed by atoms with van der Waals surface area (Å²) in [6.45, 7) is 1.90. The number of ether oxygens (including phenoxy) is 1. The molecule has 0 saturated heterocycles. The number of amides is 1. The number of nitrogen functional groups attached to an aromatic ring is 1. The predicted molar refractivity (Wildman–Crippen MR) is 77.5 cm³/mol. The van der Waals surface area contributed by atoms with Gasteiger partial charge in [-0.05, 0) is 30.7 Å². The summed E-state index contributed by atoms with van der Waals surface area (Å²) in [4.78, 5) is 16.3. The highest BCUT2D eigenvalue weighted by molar-refractivity contribution is 5.98. The van der Waals surface area contributed by atoms with Crippen molar-refractivity contribution in [2.24, 2.45) is 0 Å². The molecule has 2 rings (SSSR count). The first-order valence-corrected chi connectivity index (χ1v) is 6.26. The molecule has 1 amide bonds. The van der Waals surface area contributed by atoms with E-state index in [0.29, 0.717) is 17.0 Å². The van der Waals surface area contributed by atoms with Gasteiger partial charge in [0.1, 0.15) is 0 Å². The third kappa shape index (κ3) is 2.88. The number of benzene rings is 1. The molecule has 0 radical (unpaired) electrons. The molecule has 1 aromatic heterocycles. The second kappa shape index (κ2) is 6.06. The van der Waals surface area contributed by atoms with Crippen LogP contribution < -0.4 is 15.8 Å². The second-order valence-electron chi connectivity index (χ2n) is 4.41. The van der Waals surface area contributed by atoms with Crippen LogP contribution >= 0.6 is 0 Å². The van der Waals surface area contributed by atoms with Crippen LogP contribution in [0.3, 0.4) is 0 Å². The number of carbonyl (C=O) groups excluding carboxylic acids is 1. The highest BCUT2D eigenvalue weighted by Gasteiger charge is 2.17. The summed E-state index contributed by atoms with van der Waals surface area (Å²) in [5.74, 6) is 0.161. The SMILES string of the molecule is COc1c(N)cccc1C(=O)NC(C)c1cccnc1. The summed E-state index contributed by atoms with van der Waals surface area (Å²) in [6.07, 6.45) is 3.42. The first-order chi connectivity index (χ1) is 9.63. The van der Waals surface area contributed by atoms with Crippen LogP contribution in [0.25, 0.3) is 0 Å². The topological polar surface area (TPSA) is 77.2 Å². The molecule has 0 bridgehead atoms. The second-order valence-corrected chi connectivity index (χ2v) is 4.41. The summed E-state index contributed by atoms with van der Waals surface area (Å²) in [5.41, 5.74) is 7.59. The van der Waals surface area contributed by atoms with Gasteiger partial charge in [-0.3, -0.25) is 9.78 Å². The van der Waals surface area contributed by atoms with E-state index in [1.165, 1.54) is 7.11 Å². The van der Waals surface area contributed by atoms with Crippen LogP contribution in [0.5, 0.6) is 5.75 Å². The molecule has 1 aromatic carbocycles. The van der Waals surface area contributed by atoms with Crippen LogP contribution in [0.2, 0.25) is 0 Å². The fourth-order valence-electron chi connectivity index (χ4n) is 1.95. The molecule has 1 heterocycles. The zero-order valence-electron chi connectivity index (χ0n) is 11.5. The van der Waals surface area contributed by atoms with Crippen molar-refractivity contribution in [1.29, 1.82) is 0 Å². The zero-order valence-corrected chi connectivity index (χ0v) is 11.5. The molecule has 0 aliphatic rings. The van der Waals surface area contributed by atoms with Crippen LogP contribution in [0.4, 0.5) is 5.69 Å². The van der Waals surface area contributed by atoms with Gasteiger partial charge in [0.15, 0.2) is 5.75 Å². The number of methoxy groups -OCH3 is 1. The smallest absolute Gasteiger partial charge is 0.255 e. The summed E-state index contributed by atoms with van der Waals surface area (Å²) in [6, 6.07) is 8.69. The molecule has 0 aliphatic heterocycles. The first kappa shape index (κ1) is 13.9. The Kier molecular flexibility index (Phi) is 4.20. The highest BCUT2D eigenvalue weighted by Crippen LogP contribution is 2.26. The lowest BCUT2D eigenvalue weighted by Gasteiger charge is -2.16. The van der Waals surface area contributed by atoms with Crippen molar-refractivity contribution in [3.63, 3.8) is 0 Å². The van der Waals surface area contributed by atoms with E-state index in [4.69, 9.17) is 10.5 Å². The van der Waals surface area contributed by atoms with Gasteiger partial charge >= 0.3 is 0 Å². The Hall–Kier alpha value is -2.56. The number of nitrogens with one attached hydrogen (secondary N) is 1. The summed E-state index contributed by atoms with van der Waals surface area (Å²) < 4.78 is 5.19. The molecule has 0 saturated carbocycles. The number of carbonyl (C=O) groups is 1. The third-order valence-electron chi connectivity index (χ3n) is 3.03. The maximum absolute atomic E-state index is 12.3. The van der Waals surface area contributed by atoms with E-state index >= 15 is 0 Å². The van der Waals surface area contributed by atoms with Crippen molar-refractivity contribution in [2.75, 3.05) is 12.8 Å². The summed E-state index contributed by atoms with van der Waals surface area (Å²) in [5, 5.41) is 2.90. The van der Waals surface area contributed by atoms with Gasteiger partial charge < -0.3 is 15.8 Å². The van der Waals surface area contributed by atoms with Gasteiger partial charge in [0.05, 0.1) is 24.4 Å². The Morgan fingerprint density at radius 2 is 2.15 bits per heavy atom. The number of para-hydroxylation sites is 1. The number of nitrogens with two attached hydrogens (primary N) is 1. The number of hydrogen-bond donors (Lipinski definition) is 2. The molecule has 5 nitrogen and oxygen atoms in total. The van der Waals surface area contributed by atoms with Crippen molar-refractivity contribution < 1.29 is 9.53 Å². The van der Waals surface area contributed by atoms with E-state index in [9.17, 15) is 4.79 Å². The molecule has 3 N–H and O–H groups in total. The fourth-order valence-corrected chi connectivity index (χ4v) is 1.95. The van der Waals surface area contributed by atoms with Gasteiger partial charge in [-0.1, -0.05) is 12.1 Å². The Balaban J connectivity index is 2.19. The molecule has 5 heteroatoms. The average molecular weight is 271 g/mol. The van der Waals surface area contributed by atoms with Gasteiger partial charge in [-0.2, -0.15) is 0 Å². The third-order valence-corrected chi connectivity index (χ3v) is 3.03.